The molecule has 33 heavy (non-hydrogen) atoms. The van der Waals surface area contributed by atoms with Crippen molar-refractivity contribution in [1.29, 1.82) is 0 Å². The van der Waals surface area contributed by atoms with Gasteiger partial charge in [0.15, 0.2) is 5.78 Å². The highest BCUT2D eigenvalue weighted by atomic mass is 16.6. The van der Waals surface area contributed by atoms with Gasteiger partial charge >= 0.3 is 5.97 Å². The minimum atomic E-state index is -0.747. The van der Waals surface area contributed by atoms with E-state index in [1.807, 2.05) is 12.1 Å². The fraction of sp³-hybridized carbons (Fsp3) is 0.630. The Hall–Kier alpha value is -2.18. The van der Waals surface area contributed by atoms with Crippen LogP contribution in [0.15, 0.2) is 46.3 Å². The number of fused-ring (bicyclic) bond motifs is 4. The van der Waals surface area contributed by atoms with Crippen LogP contribution in [0.2, 0.25) is 0 Å². The number of allylic oxidation sites excluding steroid dienone is 2. The summed E-state index contributed by atoms with van der Waals surface area (Å²) in [5.74, 6) is -0.281. The van der Waals surface area contributed by atoms with Crippen LogP contribution in [0.5, 0.6) is 0 Å². The van der Waals surface area contributed by atoms with Crippen molar-refractivity contribution >= 4 is 11.8 Å². The van der Waals surface area contributed by atoms with Crippen LogP contribution >= 0.6 is 0 Å². The molecule has 176 valence electrons. The Balaban J connectivity index is 1.56. The molecule has 6 nitrogen and oxygen atoms in total. The number of esters is 1. The van der Waals surface area contributed by atoms with Gasteiger partial charge in [-0.05, 0) is 42.5 Å². The zero-order valence-electron chi connectivity index (χ0n) is 19.9. The standard InChI is InChI=1S/C27H32O6/c1-14-16(15-7-9-31-12-15)10-17-21(14)27(4)18(11-20(29)30-5)26(3)19(28)6-8-25(2)13-32-22(23(25)26)24(27)33-17/h6-9,12,16-18,22-24H,10-11,13H2,1-5H3/t16-,17-,18-,22-,23?,24-,25+,26+,27-/m1/s1. The van der Waals surface area contributed by atoms with Gasteiger partial charge < -0.3 is 18.6 Å². The van der Waals surface area contributed by atoms with Gasteiger partial charge in [0.1, 0.15) is 0 Å². The van der Waals surface area contributed by atoms with E-state index in [1.165, 1.54) is 18.3 Å². The molecular formula is C27H32O6. The number of hydrogen-bond acceptors (Lipinski definition) is 6. The van der Waals surface area contributed by atoms with Crippen molar-refractivity contribution < 1.29 is 28.2 Å². The van der Waals surface area contributed by atoms with Crippen molar-refractivity contribution in [3.63, 3.8) is 0 Å². The average molecular weight is 453 g/mol. The molecule has 0 amide bonds. The predicted molar refractivity (Wildman–Crippen MR) is 119 cm³/mol. The summed E-state index contributed by atoms with van der Waals surface area (Å²) in [5, 5.41) is 0. The van der Waals surface area contributed by atoms with E-state index < -0.39 is 10.8 Å². The van der Waals surface area contributed by atoms with Gasteiger partial charge in [0.05, 0.1) is 51.0 Å². The van der Waals surface area contributed by atoms with Gasteiger partial charge in [0, 0.05) is 28.1 Å². The summed E-state index contributed by atoms with van der Waals surface area (Å²) in [6, 6.07) is 2.01. The molecule has 5 aliphatic rings. The third-order valence-corrected chi connectivity index (χ3v) is 9.91. The minimum Gasteiger partial charge on any atom is -0.472 e. The smallest absolute Gasteiger partial charge is 0.305 e. The van der Waals surface area contributed by atoms with Crippen LogP contribution in [-0.4, -0.2) is 43.8 Å². The lowest BCUT2D eigenvalue weighted by Crippen LogP contribution is -2.66. The summed E-state index contributed by atoms with van der Waals surface area (Å²) < 4.78 is 23.8. The Kier molecular flexibility index (Phi) is 4.33. The minimum absolute atomic E-state index is 0.0420. The molecule has 0 bridgehead atoms. The molecule has 1 aromatic heterocycles. The van der Waals surface area contributed by atoms with Gasteiger partial charge in [0.2, 0.25) is 0 Å². The molecule has 9 atom stereocenters. The quantitative estimate of drug-likeness (QED) is 0.505. The number of ketones is 1. The van der Waals surface area contributed by atoms with E-state index in [4.69, 9.17) is 18.6 Å². The Morgan fingerprint density at radius 3 is 2.73 bits per heavy atom. The van der Waals surface area contributed by atoms with Gasteiger partial charge in [-0.25, -0.2) is 0 Å². The largest absolute Gasteiger partial charge is 0.472 e. The first-order valence-electron chi connectivity index (χ1n) is 12.0. The number of carbonyl (C=O) groups excluding carboxylic acids is 2. The van der Waals surface area contributed by atoms with E-state index in [2.05, 4.69) is 27.7 Å². The van der Waals surface area contributed by atoms with Crippen LogP contribution in [0.4, 0.5) is 0 Å². The van der Waals surface area contributed by atoms with Crippen molar-refractivity contribution in [2.45, 2.75) is 64.8 Å². The Labute approximate surface area is 194 Å². The maximum absolute atomic E-state index is 13.7. The van der Waals surface area contributed by atoms with Crippen LogP contribution in [0.25, 0.3) is 0 Å². The van der Waals surface area contributed by atoms with E-state index in [-0.39, 0.29) is 59.7 Å². The number of ether oxygens (including phenoxy) is 3. The zero-order valence-corrected chi connectivity index (χ0v) is 19.9. The van der Waals surface area contributed by atoms with E-state index in [9.17, 15) is 9.59 Å². The summed E-state index contributed by atoms with van der Waals surface area (Å²) >= 11 is 0. The Morgan fingerprint density at radius 1 is 1.24 bits per heavy atom. The number of hydrogen-bond donors (Lipinski definition) is 0. The lowest BCUT2D eigenvalue weighted by molar-refractivity contribution is -0.188. The molecule has 3 heterocycles. The summed E-state index contributed by atoms with van der Waals surface area (Å²) in [6.45, 7) is 9.17. The third-order valence-electron chi connectivity index (χ3n) is 9.91. The number of methoxy groups -OCH3 is 1. The van der Waals surface area contributed by atoms with E-state index in [0.717, 1.165) is 12.0 Å². The van der Waals surface area contributed by atoms with E-state index in [0.29, 0.717) is 6.61 Å². The van der Waals surface area contributed by atoms with Gasteiger partial charge in [0.25, 0.3) is 0 Å². The number of carbonyl (C=O) groups is 2. The van der Waals surface area contributed by atoms with E-state index in [1.54, 1.807) is 18.6 Å². The molecule has 0 aromatic carbocycles. The Morgan fingerprint density at radius 2 is 2.03 bits per heavy atom. The predicted octanol–water partition coefficient (Wildman–Crippen LogP) is 4.22. The first kappa shape index (κ1) is 21.4. The Bertz CT molecular complexity index is 1080. The molecule has 0 spiro atoms. The summed E-state index contributed by atoms with van der Waals surface area (Å²) in [6.07, 6.45) is 7.85. The van der Waals surface area contributed by atoms with Crippen molar-refractivity contribution in [3.05, 3.63) is 47.5 Å². The van der Waals surface area contributed by atoms with Crippen LogP contribution < -0.4 is 0 Å². The molecule has 2 saturated heterocycles. The fourth-order valence-electron chi connectivity index (χ4n) is 8.54. The first-order valence-corrected chi connectivity index (χ1v) is 12.0. The van der Waals surface area contributed by atoms with Crippen LogP contribution in [0.1, 0.15) is 52.0 Å². The zero-order chi connectivity index (χ0) is 23.3. The lowest BCUT2D eigenvalue weighted by atomic mass is 9.42. The molecule has 6 rings (SSSR count). The third kappa shape index (κ3) is 2.46. The molecule has 2 aliphatic heterocycles. The van der Waals surface area contributed by atoms with E-state index >= 15 is 0 Å². The molecule has 3 fully saturated rings. The monoisotopic (exact) mass is 452 g/mol. The highest BCUT2D eigenvalue weighted by Crippen LogP contribution is 2.71. The van der Waals surface area contributed by atoms with Crippen molar-refractivity contribution in [2.24, 2.45) is 28.1 Å². The molecular weight excluding hydrogens is 420 g/mol. The van der Waals surface area contributed by atoms with Gasteiger partial charge in [-0.1, -0.05) is 32.4 Å². The maximum atomic E-state index is 13.7. The van der Waals surface area contributed by atoms with Gasteiger partial charge in [-0.15, -0.1) is 0 Å². The molecule has 1 unspecified atom stereocenters. The topological polar surface area (TPSA) is 75.0 Å². The number of rotatable bonds is 3. The molecule has 0 radical (unpaired) electrons. The molecule has 3 aliphatic carbocycles. The normalized spacial score (nSPS) is 47.5. The highest BCUT2D eigenvalue weighted by Gasteiger charge is 2.75. The van der Waals surface area contributed by atoms with Crippen LogP contribution in [0.3, 0.4) is 0 Å². The lowest BCUT2D eigenvalue weighted by Gasteiger charge is -2.60. The molecule has 1 aromatic rings. The van der Waals surface area contributed by atoms with Crippen molar-refractivity contribution in [3.8, 4) is 0 Å². The SMILES string of the molecule is COC(=O)C[C@H]1[C@]2(C)C3=C(C)[C@H](c4ccoc4)C[C@H]3O[C@@H]2[C@@H]2OC[C@]3(C)C=CC(=O)[C@@]1(C)C23. The highest BCUT2D eigenvalue weighted by molar-refractivity contribution is 5.97. The summed E-state index contributed by atoms with van der Waals surface area (Å²) in [7, 11) is 1.42. The summed E-state index contributed by atoms with van der Waals surface area (Å²) in [4.78, 5) is 26.4. The van der Waals surface area contributed by atoms with Crippen molar-refractivity contribution in [2.75, 3.05) is 13.7 Å². The van der Waals surface area contributed by atoms with Gasteiger partial charge in [-0.3, -0.25) is 9.59 Å². The number of furan rings is 1. The molecule has 1 saturated carbocycles. The maximum Gasteiger partial charge on any atom is 0.305 e. The molecule has 6 heteroatoms. The van der Waals surface area contributed by atoms with Crippen molar-refractivity contribution in [1.82, 2.24) is 0 Å². The second-order valence-electron chi connectivity index (χ2n) is 11.3. The van der Waals surface area contributed by atoms with Crippen LogP contribution in [0, 0.1) is 28.1 Å². The summed E-state index contributed by atoms with van der Waals surface area (Å²) in [5.41, 5.74) is 2.14. The van der Waals surface area contributed by atoms with Crippen LogP contribution in [-0.2, 0) is 23.8 Å². The van der Waals surface area contributed by atoms with Gasteiger partial charge in [-0.2, -0.15) is 0 Å². The second kappa shape index (κ2) is 6.70. The molecule has 0 N–H and O–H groups in total. The first-order chi connectivity index (χ1) is 15.7. The second-order valence-corrected chi connectivity index (χ2v) is 11.3. The average Bonchev–Trinajstić information content (AvgIpc) is 3.54. The fourth-order valence-corrected chi connectivity index (χ4v) is 8.54.